The molecule has 0 aliphatic heterocycles. The van der Waals surface area contributed by atoms with E-state index in [2.05, 4.69) is 4.99 Å². The number of hydrogen-bond donors (Lipinski definition) is 0. The largest absolute Gasteiger partial charge is 0.494 e. The maximum atomic E-state index is 13.0. The van der Waals surface area contributed by atoms with Crippen LogP contribution < -0.4 is 9.54 Å². The number of carbonyl (C=O) groups is 2. The normalized spacial score (nSPS) is 11.6. The van der Waals surface area contributed by atoms with Gasteiger partial charge in [-0.15, -0.1) is 0 Å². The average molecular weight is 402 g/mol. The number of esters is 1. The monoisotopic (exact) mass is 402 g/mol. The van der Waals surface area contributed by atoms with E-state index in [0.717, 1.165) is 10.2 Å². The highest BCUT2D eigenvalue weighted by Gasteiger charge is 2.13. The summed E-state index contributed by atoms with van der Waals surface area (Å²) in [6, 6.07) is 11.2. The minimum absolute atomic E-state index is 0.0386. The van der Waals surface area contributed by atoms with E-state index >= 15 is 0 Å². The van der Waals surface area contributed by atoms with E-state index in [1.165, 1.54) is 30.6 Å². The molecule has 8 heteroatoms. The lowest BCUT2D eigenvalue weighted by Crippen LogP contribution is -2.22. The van der Waals surface area contributed by atoms with E-state index in [9.17, 15) is 14.0 Å². The molecule has 0 bridgehead atoms. The summed E-state index contributed by atoms with van der Waals surface area (Å²) in [7, 11) is 1.31. The molecule has 0 atom stereocenters. The van der Waals surface area contributed by atoms with Gasteiger partial charge in [-0.2, -0.15) is 4.99 Å². The SMILES string of the molecule is CCOc1ccc2c(c1)sc(=NC(=O)Cc1ccc(F)cc1)n2CC(=O)OC. The Morgan fingerprint density at radius 3 is 2.61 bits per heavy atom. The molecule has 0 unspecified atom stereocenters. The summed E-state index contributed by atoms with van der Waals surface area (Å²) < 4.78 is 25.8. The molecule has 1 amide bonds. The molecule has 3 rings (SSSR count). The fourth-order valence-electron chi connectivity index (χ4n) is 2.66. The van der Waals surface area contributed by atoms with Gasteiger partial charge in [-0.25, -0.2) is 4.39 Å². The summed E-state index contributed by atoms with van der Waals surface area (Å²) in [6.07, 6.45) is 0.0386. The number of hydrogen-bond acceptors (Lipinski definition) is 5. The Morgan fingerprint density at radius 2 is 1.93 bits per heavy atom. The zero-order chi connectivity index (χ0) is 20.1. The Bertz CT molecular complexity index is 1070. The number of benzene rings is 2. The Kier molecular flexibility index (Phi) is 6.20. The van der Waals surface area contributed by atoms with Crippen LogP contribution in [0.3, 0.4) is 0 Å². The highest BCUT2D eigenvalue weighted by atomic mass is 32.1. The molecule has 0 N–H and O–H groups in total. The lowest BCUT2D eigenvalue weighted by Gasteiger charge is -2.05. The van der Waals surface area contributed by atoms with Gasteiger partial charge < -0.3 is 14.0 Å². The van der Waals surface area contributed by atoms with Crippen LogP contribution in [0, 0.1) is 5.82 Å². The number of carbonyl (C=O) groups excluding carboxylic acids is 2. The first kappa shape index (κ1) is 19.8. The Morgan fingerprint density at radius 1 is 1.18 bits per heavy atom. The van der Waals surface area contributed by atoms with Crippen molar-refractivity contribution < 1.29 is 23.5 Å². The average Bonchev–Trinajstić information content (AvgIpc) is 3.00. The summed E-state index contributed by atoms with van der Waals surface area (Å²) >= 11 is 1.29. The molecule has 0 aliphatic rings. The van der Waals surface area contributed by atoms with Gasteiger partial charge in [0.15, 0.2) is 4.80 Å². The van der Waals surface area contributed by atoms with Gasteiger partial charge in [0.1, 0.15) is 18.1 Å². The Labute approximate surface area is 164 Å². The topological polar surface area (TPSA) is 69.9 Å². The number of nitrogens with zero attached hydrogens (tertiary/aromatic N) is 2. The van der Waals surface area contributed by atoms with Gasteiger partial charge in [-0.3, -0.25) is 9.59 Å². The van der Waals surface area contributed by atoms with E-state index in [0.29, 0.717) is 22.7 Å². The molecule has 0 spiro atoms. The molecule has 1 heterocycles. The molecular formula is C20H19FN2O4S. The molecule has 1 aromatic heterocycles. The fourth-order valence-corrected chi connectivity index (χ4v) is 3.74. The molecular weight excluding hydrogens is 383 g/mol. The zero-order valence-electron chi connectivity index (χ0n) is 15.5. The maximum Gasteiger partial charge on any atom is 0.325 e. The van der Waals surface area contributed by atoms with Crippen molar-refractivity contribution in [3.8, 4) is 5.75 Å². The van der Waals surface area contributed by atoms with Crippen LogP contribution in [0.5, 0.6) is 5.75 Å². The molecule has 3 aromatic rings. The van der Waals surface area contributed by atoms with Crippen molar-refractivity contribution in [2.75, 3.05) is 13.7 Å². The first-order valence-electron chi connectivity index (χ1n) is 8.65. The van der Waals surface area contributed by atoms with Gasteiger partial charge in [0.25, 0.3) is 5.91 Å². The van der Waals surface area contributed by atoms with Gasteiger partial charge in [-0.05, 0) is 42.8 Å². The molecule has 0 aliphatic carbocycles. The van der Waals surface area contributed by atoms with Crippen LogP contribution in [0.15, 0.2) is 47.5 Å². The summed E-state index contributed by atoms with van der Waals surface area (Å²) in [5.41, 5.74) is 1.42. The molecule has 0 saturated carbocycles. The molecule has 0 radical (unpaired) electrons. The summed E-state index contributed by atoms with van der Waals surface area (Å²) in [6.45, 7) is 2.37. The summed E-state index contributed by atoms with van der Waals surface area (Å²) in [5.74, 6) is -0.493. The number of fused-ring (bicyclic) bond motifs is 1. The first-order valence-corrected chi connectivity index (χ1v) is 9.46. The second kappa shape index (κ2) is 8.79. The third-order valence-corrected chi connectivity index (χ3v) is 5.01. The smallest absolute Gasteiger partial charge is 0.325 e. The minimum Gasteiger partial charge on any atom is -0.494 e. The number of methoxy groups -OCH3 is 1. The lowest BCUT2D eigenvalue weighted by atomic mass is 10.1. The number of amides is 1. The second-order valence-corrected chi connectivity index (χ2v) is 6.93. The van der Waals surface area contributed by atoms with E-state index < -0.39 is 5.97 Å². The van der Waals surface area contributed by atoms with Crippen molar-refractivity contribution in [2.24, 2.45) is 4.99 Å². The number of ether oxygens (including phenoxy) is 2. The summed E-state index contributed by atoms with van der Waals surface area (Å²) in [5, 5.41) is 0. The predicted octanol–water partition coefficient (Wildman–Crippen LogP) is 3.08. The van der Waals surface area contributed by atoms with Gasteiger partial charge in [0.2, 0.25) is 0 Å². The van der Waals surface area contributed by atoms with E-state index in [-0.39, 0.29) is 24.7 Å². The Hall–Kier alpha value is -3.00. The van der Waals surface area contributed by atoms with E-state index in [1.807, 2.05) is 19.1 Å². The van der Waals surface area contributed by atoms with Crippen LogP contribution in [-0.2, 0) is 27.3 Å². The predicted molar refractivity (Wildman–Crippen MR) is 104 cm³/mol. The van der Waals surface area contributed by atoms with Crippen molar-refractivity contribution in [1.82, 2.24) is 4.57 Å². The third-order valence-electron chi connectivity index (χ3n) is 3.97. The van der Waals surface area contributed by atoms with E-state index in [1.54, 1.807) is 22.8 Å². The van der Waals surface area contributed by atoms with Crippen LogP contribution in [-0.4, -0.2) is 30.2 Å². The fraction of sp³-hybridized carbons (Fsp3) is 0.250. The molecule has 28 heavy (non-hydrogen) atoms. The van der Waals surface area contributed by atoms with Crippen LogP contribution in [0.4, 0.5) is 4.39 Å². The van der Waals surface area contributed by atoms with Gasteiger partial charge in [-0.1, -0.05) is 23.5 Å². The third kappa shape index (κ3) is 4.64. The molecule has 146 valence electrons. The first-order chi connectivity index (χ1) is 13.5. The quantitative estimate of drug-likeness (QED) is 0.594. The van der Waals surface area contributed by atoms with Crippen molar-refractivity contribution in [3.63, 3.8) is 0 Å². The van der Waals surface area contributed by atoms with Gasteiger partial charge in [0, 0.05) is 0 Å². The van der Waals surface area contributed by atoms with Crippen LogP contribution in [0.2, 0.25) is 0 Å². The van der Waals surface area contributed by atoms with Crippen molar-refractivity contribution >= 4 is 33.4 Å². The Balaban J connectivity index is 1.99. The van der Waals surface area contributed by atoms with Crippen molar-refractivity contribution in [3.05, 3.63) is 58.6 Å². The van der Waals surface area contributed by atoms with Gasteiger partial charge >= 0.3 is 5.97 Å². The van der Waals surface area contributed by atoms with Crippen LogP contribution >= 0.6 is 11.3 Å². The van der Waals surface area contributed by atoms with E-state index in [4.69, 9.17) is 9.47 Å². The van der Waals surface area contributed by atoms with Gasteiger partial charge in [0.05, 0.1) is 30.4 Å². The van der Waals surface area contributed by atoms with Crippen LogP contribution in [0.1, 0.15) is 12.5 Å². The number of thiazole rings is 1. The standard InChI is InChI=1S/C20H19FN2O4S/c1-3-27-15-8-9-16-17(11-15)28-20(23(16)12-19(25)26-2)22-18(24)10-13-4-6-14(21)7-5-13/h4-9,11H,3,10,12H2,1-2H3. The second-order valence-electron chi connectivity index (χ2n) is 5.92. The van der Waals surface area contributed by atoms with Crippen molar-refractivity contribution in [2.45, 2.75) is 19.9 Å². The lowest BCUT2D eigenvalue weighted by molar-refractivity contribution is -0.141. The zero-order valence-corrected chi connectivity index (χ0v) is 16.3. The number of rotatable bonds is 6. The molecule has 2 aromatic carbocycles. The maximum absolute atomic E-state index is 13.0. The minimum atomic E-state index is -0.444. The molecule has 6 nitrogen and oxygen atoms in total. The number of halogens is 1. The van der Waals surface area contributed by atoms with Crippen molar-refractivity contribution in [1.29, 1.82) is 0 Å². The summed E-state index contributed by atoms with van der Waals surface area (Å²) in [4.78, 5) is 28.8. The molecule has 0 fully saturated rings. The number of aromatic nitrogens is 1. The molecule has 0 saturated heterocycles. The highest BCUT2D eigenvalue weighted by molar-refractivity contribution is 7.16. The highest BCUT2D eigenvalue weighted by Crippen LogP contribution is 2.23. The van der Waals surface area contributed by atoms with Crippen LogP contribution in [0.25, 0.3) is 10.2 Å².